The van der Waals surface area contributed by atoms with Gasteiger partial charge in [-0.1, -0.05) is 34.1 Å². The van der Waals surface area contributed by atoms with Crippen LogP contribution in [0.1, 0.15) is 5.56 Å². The van der Waals surface area contributed by atoms with Crippen LogP contribution in [0, 0.1) is 5.82 Å². The maximum Gasteiger partial charge on any atom is 0.315 e. The number of benzene rings is 2. The first-order valence-corrected chi connectivity index (χ1v) is 7.64. The number of hydrogen-bond acceptors (Lipinski definition) is 2. The van der Waals surface area contributed by atoms with Gasteiger partial charge in [0.2, 0.25) is 5.91 Å². The number of urea groups is 1. The van der Waals surface area contributed by atoms with Crippen molar-refractivity contribution in [2.75, 3.05) is 11.9 Å². The monoisotopic (exact) mass is 379 g/mol. The van der Waals surface area contributed by atoms with Crippen LogP contribution < -0.4 is 16.0 Å². The molecule has 0 aliphatic carbocycles. The molecule has 0 fully saturated rings. The first-order valence-electron chi connectivity index (χ1n) is 6.84. The van der Waals surface area contributed by atoms with Gasteiger partial charge < -0.3 is 16.0 Å². The highest BCUT2D eigenvalue weighted by Crippen LogP contribution is 2.15. The van der Waals surface area contributed by atoms with E-state index in [1.807, 2.05) is 6.07 Å². The lowest BCUT2D eigenvalue weighted by Gasteiger charge is -2.09. The molecule has 3 N–H and O–H groups in total. The quantitative estimate of drug-likeness (QED) is 0.747. The highest BCUT2D eigenvalue weighted by atomic mass is 79.9. The Hall–Kier alpha value is -2.41. The Bertz CT molecular complexity index is 692. The highest BCUT2D eigenvalue weighted by molar-refractivity contribution is 9.10. The van der Waals surface area contributed by atoms with E-state index in [0.717, 1.165) is 10.0 Å². The number of anilines is 1. The Morgan fingerprint density at radius 1 is 1.04 bits per heavy atom. The normalized spacial score (nSPS) is 10.0. The van der Waals surface area contributed by atoms with E-state index >= 15 is 0 Å². The predicted molar refractivity (Wildman–Crippen MR) is 89.4 cm³/mol. The summed E-state index contributed by atoms with van der Waals surface area (Å²) < 4.78 is 13.6. The van der Waals surface area contributed by atoms with E-state index in [0.29, 0.717) is 5.69 Å². The molecule has 0 saturated carbocycles. The molecule has 0 bridgehead atoms. The summed E-state index contributed by atoms with van der Waals surface area (Å²) in [5.41, 5.74) is 1.40. The minimum atomic E-state index is -0.473. The lowest BCUT2D eigenvalue weighted by atomic mass is 10.2. The fraction of sp³-hybridized carbons (Fsp3) is 0.125. The van der Waals surface area contributed by atoms with Gasteiger partial charge in [-0.05, 0) is 35.9 Å². The summed E-state index contributed by atoms with van der Waals surface area (Å²) in [5, 5.41) is 7.70. The summed E-state index contributed by atoms with van der Waals surface area (Å²) in [7, 11) is 0. The molecule has 0 spiro atoms. The molecule has 0 aliphatic rings. The molecule has 7 heteroatoms. The van der Waals surface area contributed by atoms with Gasteiger partial charge in [-0.25, -0.2) is 9.18 Å². The molecule has 0 atom stereocenters. The summed E-state index contributed by atoms with van der Waals surface area (Å²) in [4.78, 5) is 23.3. The molecule has 5 nitrogen and oxygen atoms in total. The van der Waals surface area contributed by atoms with E-state index < -0.39 is 6.03 Å². The van der Waals surface area contributed by atoms with Crippen LogP contribution in [-0.4, -0.2) is 18.5 Å². The molecule has 2 rings (SSSR count). The van der Waals surface area contributed by atoms with Crippen LogP contribution in [-0.2, 0) is 11.3 Å². The van der Waals surface area contributed by atoms with Gasteiger partial charge in [0, 0.05) is 16.7 Å². The van der Waals surface area contributed by atoms with E-state index in [4.69, 9.17) is 0 Å². The molecule has 2 aromatic rings. The standard InChI is InChI=1S/C16H15BrFN3O2/c17-12-2-1-3-14(8-12)21-15(22)10-20-16(23)19-9-11-4-6-13(18)7-5-11/h1-8H,9-10H2,(H,21,22)(H2,19,20,23). The maximum absolute atomic E-state index is 12.8. The topological polar surface area (TPSA) is 70.2 Å². The molecule has 0 aromatic heterocycles. The Balaban J connectivity index is 1.71. The van der Waals surface area contributed by atoms with Crippen LogP contribution in [0.25, 0.3) is 0 Å². The van der Waals surface area contributed by atoms with Crippen LogP contribution >= 0.6 is 15.9 Å². The maximum atomic E-state index is 12.8. The van der Waals surface area contributed by atoms with Crippen molar-refractivity contribution in [1.29, 1.82) is 0 Å². The number of carbonyl (C=O) groups is 2. The number of nitrogens with one attached hydrogen (secondary N) is 3. The summed E-state index contributed by atoms with van der Waals surface area (Å²) in [6.07, 6.45) is 0. The summed E-state index contributed by atoms with van der Waals surface area (Å²) in [6.45, 7) is 0.0983. The van der Waals surface area contributed by atoms with Crippen LogP contribution in [0.4, 0.5) is 14.9 Å². The molecular formula is C16H15BrFN3O2. The van der Waals surface area contributed by atoms with Crippen molar-refractivity contribution < 1.29 is 14.0 Å². The summed E-state index contributed by atoms with van der Waals surface area (Å²) in [6, 6.07) is 12.5. The molecular weight excluding hydrogens is 365 g/mol. The molecule has 2 aromatic carbocycles. The Labute approximate surface area is 141 Å². The van der Waals surface area contributed by atoms with Crippen molar-refractivity contribution in [3.63, 3.8) is 0 Å². The Morgan fingerprint density at radius 2 is 1.78 bits per heavy atom. The van der Waals surface area contributed by atoms with Gasteiger partial charge >= 0.3 is 6.03 Å². The zero-order valence-corrected chi connectivity index (χ0v) is 13.7. The summed E-state index contributed by atoms with van der Waals surface area (Å²) >= 11 is 3.31. The number of carbonyl (C=O) groups excluding carboxylic acids is 2. The average Bonchev–Trinajstić information content (AvgIpc) is 2.52. The third-order valence-electron chi connectivity index (χ3n) is 2.88. The largest absolute Gasteiger partial charge is 0.334 e. The van der Waals surface area contributed by atoms with Gasteiger partial charge in [0.05, 0.1) is 6.54 Å². The lowest BCUT2D eigenvalue weighted by molar-refractivity contribution is -0.115. The van der Waals surface area contributed by atoms with Crippen molar-refractivity contribution in [3.05, 3.63) is 64.4 Å². The van der Waals surface area contributed by atoms with Gasteiger partial charge in [0.1, 0.15) is 5.82 Å². The minimum Gasteiger partial charge on any atom is -0.334 e. The lowest BCUT2D eigenvalue weighted by Crippen LogP contribution is -2.39. The van der Waals surface area contributed by atoms with E-state index in [1.165, 1.54) is 12.1 Å². The van der Waals surface area contributed by atoms with Crippen molar-refractivity contribution in [2.45, 2.75) is 6.54 Å². The molecule has 0 unspecified atom stereocenters. The van der Waals surface area contributed by atoms with Gasteiger partial charge in [-0.15, -0.1) is 0 Å². The van der Waals surface area contributed by atoms with Gasteiger partial charge in [-0.2, -0.15) is 0 Å². The number of halogens is 2. The minimum absolute atomic E-state index is 0.151. The SMILES string of the molecule is O=C(CNC(=O)NCc1ccc(F)cc1)Nc1cccc(Br)c1. The van der Waals surface area contributed by atoms with Crippen LogP contribution in [0.3, 0.4) is 0 Å². The van der Waals surface area contributed by atoms with Gasteiger partial charge in [-0.3, -0.25) is 4.79 Å². The fourth-order valence-electron chi connectivity index (χ4n) is 1.78. The van der Waals surface area contributed by atoms with Crippen LogP contribution in [0.5, 0.6) is 0 Å². The Morgan fingerprint density at radius 3 is 2.48 bits per heavy atom. The predicted octanol–water partition coefficient (Wildman–Crippen LogP) is 3.03. The van der Waals surface area contributed by atoms with E-state index in [-0.39, 0.29) is 24.8 Å². The van der Waals surface area contributed by atoms with Gasteiger partial charge in [0.25, 0.3) is 0 Å². The van der Waals surface area contributed by atoms with E-state index in [9.17, 15) is 14.0 Å². The number of hydrogen-bond donors (Lipinski definition) is 3. The molecule has 0 heterocycles. The molecule has 3 amide bonds. The number of rotatable bonds is 5. The average molecular weight is 380 g/mol. The highest BCUT2D eigenvalue weighted by Gasteiger charge is 2.06. The first-order chi connectivity index (χ1) is 11.0. The second-order valence-electron chi connectivity index (χ2n) is 4.72. The van der Waals surface area contributed by atoms with E-state index in [1.54, 1.807) is 30.3 Å². The second-order valence-corrected chi connectivity index (χ2v) is 5.64. The fourth-order valence-corrected chi connectivity index (χ4v) is 2.18. The third kappa shape index (κ3) is 6.07. The van der Waals surface area contributed by atoms with Crippen LogP contribution in [0.15, 0.2) is 53.0 Å². The molecule has 120 valence electrons. The van der Waals surface area contributed by atoms with Crippen molar-refractivity contribution >= 4 is 33.6 Å². The Kier molecular flexibility index (Phi) is 6.10. The molecule has 0 aliphatic heterocycles. The zero-order chi connectivity index (χ0) is 16.7. The molecule has 23 heavy (non-hydrogen) atoms. The molecule has 0 radical (unpaired) electrons. The second kappa shape index (κ2) is 8.28. The smallest absolute Gasteiger partial charge is 0.315 e. The third-order valence-corrected chi connectivity index (χ3v) is 3.38. The van der Waals surface area contributed by atoms with Crippen molar-refractivity contribution in [3.8, 4) is 0 Å². The van der Waals surface area contributed by atoms with E-state index in [2.05, 4.69) is 31.9 Å². The van der Waals surface area contributed by atoms with Crippen molar-refractivity contribution in [1.82, 2.24) is 10.6 Å². The first kappa shape index (κ1) is 17.0. The van der Waals surface area contributed by atoms with Crippen molar-refractivity contribution in [2.24, 2.45) is 0 Å². The van der Waals surface area contributed by atoms with Gasteiger partial charge in [0.15, 0.2) is 0 Å². The van der Waals surface area contributed by atoms with Crippen LogP contribution in [0.2, 0.25) is 0 Å². The summed E-state index contributed by atoms with van der Waals surface area (Å²) in [5.74, 6) is -0.664. The number of amides is 3. The zero-order valence-electron chi connectivity index (χ0n) is 12.1. The molecule has 0 saturated heterocycles.